The number of carbonyl (C=O) groups is 1. The number of aromatic nitrogens is 2. The fourth-order valence-corrected chi connectivity index (χ4v) is 1.56. The summed E-state index contributed by atoms with van der Waals surface area (Å²) in [4.78, 5) is 15.1. The molecule has 0 spiro atoms. The van der Waals surface area contributed by atoms with Gasteiger partial charge in [-0.1, -0.05) is 30.3 Å². The molecule has 0 bridgehead atoms. The zero-order valence-corrected chi connectivity index (χ0v) is 8.87. The number of hydrogen-bond acceptors (Lipinski definition) is 2. The Morgan fingerprint density at radius 1 is 1.38 bits per heavy atom. The molecule has 82 valence electrons. The van der Waals surface area contributed by atoms with Gasteiger partial charge >= 0.3 is 5.97 Å². The molecule has 1 heterocycles. The van der Waals surface area contributed by atoms with E-state index in [2.05, 4.69) is 4.98 Å². The van der Waals surface area contributed by atoms with Crippen molar-refractivity contribution in [1.82, 2.24) is 9.55 Å². The summed E-state index contributed by atoms with van der Waals surface area (Å²) in [5, 5.41) is 8.98. The summed E-state index contributed by atoms with van der Waals surface area (Å²) in [5.41, 5.74) is 0.917. The van der Waals surface area contributed by atoms with E-state index in [9.17, 15) is 4.79 Å². The summed E-state index contributed by atoms with van der Waals surface area (Å²) >= 11 is 0. The summed E-state index contributed by atoms with van der Waals surface area (Å²) in [6.07, 6.45) is 3.29. The smallest absolute Gasteiger partial charge is 0.326 e. The van der Waals surface area contributed by atoms with E-state index >= 15 is 0 Å². The van der Waals surface area contributed by atoms with Crippen LogP contribution in [0.3, 0.4) is 0 Å². The molecule has 1 aromatic heterocycles. The van der Waals surface area contributed by atoms with Crippen LogP contribution in [-0.2, 0) is 4.79 Å². The van der Waals surface area contributed by atoms with Crippen molar-refractivity contribution in [3.05, 3.63) is 42.7 Å². The van der Waals surface area contributed by atoms with Crippen LogP contribution in [0.1, 0.15) is 13.0 Å². The van der Waals surface area contributed by atoms with Crippen LogP contribution in [-0.4, -0.2) is 20.6 Å². The highest BCUT2D eigenvalue weighted by Crippen LogP contribution is 2.20. The van der Waals surface area contributed by atoms with Crippen molar-refractivity contribution < 1.29 is 9.90 Å². The Balaban J connectivity index is 2.44. The minimum atomic E-state index is -0.866. The predicted octanol–water partition coefficient (Wildman–Crippen LogP) is 2.20. The summed E-state index contributed by atoms with van der Waals surface area (Å²) < 4.78 is 1.65. The van der Waals surface area contributed by atoms with Gasteiger partial charge in [-0.3, -0.25) is 0 Å². The Bertz CT molecular complexity index is 491. The van der Waals surface area contributed by atoms with Crippen molar-refractivity contribution in [1.29, 1.82) is 0 Å². The lowest BCUT2D eigenvalue weighted by Gasteiger charge is -2.11. The molecule has 2 aromatic rings. The molecule has 0 aliphatic carbocycles. The van der Waals surface area contributed by atoms with Crippen LogP contribution in [0.5, 0.6) is 0 Å². The molecule has 0 aliphatic heterocycles. The maximum absolute atomic E-state index is 10.9. The van der Waals surface area contributed by atoms with Crippen LogP contribution in [0.2, 0.25) is 0 Å². The molecule has 4 heteroatoms. The molecular formula is C12H12N2O2. The lowest BCUT2D eigenvalue weighted by molar-refractivity contribution is -0.140. The van der Waals surface area contributed by atoms with Gasteiger partial charge in [0.25, 0.3) is 0 Å². The van der Waals surface area contributed by atoms with Gasteiger partial charge in [-0.15, -0.1) is 0 Å². The summed E-state index contributed by atoms with van der Waals surface area (Å²) in [6, 6.07) is 8.93. The minimum Gasteiger partial charge on any atom is -0.480 e. The van der Waals surface area contributed by atoms with E-state index in [1.807, 2.05) is 30.3 Å². The van der Waals surface area contributed by atoms with Crippen LogP contribution >= 0.6 is 0 Å². The molecule has 0 amide bonds. The van der Waals surface area contributed by atoms with Gasteiger partial charge in [0.1, 0.15) is 11.9 Å². The van der Waals surface area contributed by atoms with Crippen LogP contribution in [0, 0.1) is 0 Å². The van der Waals surface area contributed by atoms with E-state index in [0.29, 0.717) is 5.82 Å². The van der Waals surface area contributed by atoms with Crippen molar-refractivity contribution in [3.8, 4) is 11.4 Å². The van der Waals surface area contributed by atoms with Crippen molar-refractivity contribution in [2.24, 2.45) is 0 Å². The van der Waals surface area contributed by atoms with Gasteiger partial charge in [0.15, 0.2) is 0 Å². The van der Waals surface area contributed by atoms with E-state index in [4.69, 9.17) is 5.11 Å². The van der Waals surface area contributed by atoms with Gasteiger partial charge in [-0.05, 0) is 6.92 Å². The largest absolute Gasteiger partial charge is 0.480 e. The molecule has 16 heavy (non-hydrogen) atoms. The van der Waals surface area contributed by atoms with Crippen LogP contribution in [0.4, 0.5) is 0 Å². The van der Waals surface area contributed by atoms with Gasteiger partial charge in [-0.25, -0.2) is 9.78 Å². The molecule has 1 N–H and O–H groups in total. The van der Waals surface area contributed by atoms with E-state index in [0.717, 1.165) is 5.56 Å². The minimum absolute atomic E-state index is 0.613. The number of imidazole rings is 1. The topological polar surface area (TPSA) is 55.1 Å². The number of carboxylic acids is 1. The molecule has 0 aliphatic rings. The second kappa shape index (κ2) is 4.18. The highest BCUT2D eigenvalue weighted by Gasteiger charge is 2.16. The molecule has 0 fully saturated rings. The van der Waals surface area contributed by atoms with Gasteiger partial charge in [0, 0.05) is 18.0 Å². The van der Waals surface area contributed by atoms with Gasteiger partial charge in [0.05, 0.1) is 0 Å². The van der Waals surface area contributed by atoms with Crippen molar-refractivity contribution in [3.63, 3.8) is 0 Å². The molecule has 0 radical (unpaired) electrons. The van der Waals surface area contributed by atoms with E-state index < -0.39 is 12.0 Å². The van der Waals surface area contributed by atoms with Crippen molar-refractivity contribution in [2.75, 3.05) is 0 Å². The monoisotopic (exact) mass is 216 g/mol. The third-order valence-corrected chi connectivity index (χ3v) is 2.48. The average molecular weight is 216 g/mol. The molecule has 4 nitrogen and oxygen atoms in total. The number of carboxylic acid groups (broad SMARTS) is 1. The third kappa shape index (κ3) is 1.82. The van der Waals surface area contributed by atoms with Gasteiger partial charge in [0.2, 0.25) is 0 Å². The quantitative estimate of drug-likeness (QED) is 0.855. The zero-order chi connectivity index (χ0) is 11.5. The van der Waals surface area contributed by atoms with Crippen LogP contribution in [0.15, 0.2) is 42.7 Å². The Morgan fingerprint density at radius 3 is 2.69 bits per heavy atom. The SMILES string of the molecule is C[C@H](C(=O)O)n1ccnc1-c1ccccc1. The Labute approximate surface area is 93.2 Å². The highest BCUT2D eigenvalue weighted by molar-refractivity contribution is 5.72. The summed E-state index contributed by atoms with van der Waals surface area (Å²) in [6.45, 7) is 1.64. The Morgan fingerprint density at radius 2 is 2.06 bits per heavy atom. The van der Waals surface area contributed by atoms with E-state index in [1.165, 1.54) is 0 Å². The number of aliphatic carboxylic acids is 1. The third-order valence-electron chi connectivity index (χ3n) is 2.48. The van der Waals surface area contributed by atoms with E-state index in [1.54, 1.807) is 23.9 Å². The fourth-order valence-electron chi connectivity index (χ4n) is 1.56. The molecule has 1 atom stereocenters. The summed E-state index contributed by atoms with van der Waals surface area (Å²) in [5.74, 6) is -0.189. The first-order chi connectivity index (χ1) is 7.70. The molecule has 0 saturated carbocycles. The number of benzene rings is 1. The second-order valence-electron chi connectivity index (χ2n) is 3.54. The maximum atomic E-state index is 10.9. The molecule has 1 aromatic carbocycles. The zero-order valence-electron chi connectivity index (χ0n) is 8.87. The lowest BCUT2D eigenvalue weighted by Crippen LogP contribution is -2.15. The predicted molar refractivity (Wildman–Crippen MR) is 60.0 cm³/mol. The molecule has 0 saturated heterocycles. The first kappa shape index (κ1) is 10.4. The van der Waals surface area contributed by atoms with Crippen molar-refractivity contribution in [2.45, 2.75) is 13.0 Å². The normalized spacial score (nSPS) is 12.3. The molecular weight excluding hydrogens is 204 g/mol. The first-order valence-electron chi connectivity index (χ1n) is 5.01. The lowest BCUT2D eigenvalue weighted by atomic mass is 10.2. The Hall–Kier alpha value is -2.10. The average Bonchev–Trinajstić information content (AvgIpc) is 2.77. The fraction of sp³-hybridized carbons (Fsp3) is 0.167. The maximum Gasteiger partial charge on any atom is 0.326 e. The Kier molecular flexibility index (Phi) is 2.72. The van der Waals surface area contributed by atoms with E-state index in [-0.39, 0.29) is 0 Å². The highest BCUT2D eigenvalue weighted by atomic mass is 16.4. The van der Waals surface area contributed by atoms with Gasteiger partial charge in [-0.2, -0.15) is 0 Å². The van der Waals surface area contributed by atoms with Crippen molar-refractivity contribution >= 4 is 5.97 Å². The standard InChI is InChI=1S/C12H12N2O2/c1-9(12(15)16)14-8-7-13-11(14)10-5-3-2-4-6-10/h2-9H,1H3,(H,15,16)/t9-/m1/s1. The number of hydrogen-bond donors (Lipinski definition) is 1. The van der Waals surface area contributed by atoms with Crippen LogP contribution < -0.4 is 0 Å². The summed E-state index contributed by atoms with van der Waals surface area (Å²) in [7, 11) is 0. The molecule has 2 rings (SSSR count). The van der Waals surface area contributed by atoms with Crippen LogP contribution in [0.25, 0.3) is 11.4 Å². The van der Waals surface area contributed by atoms with Gasteiger partial charge < -0.3 is 9.67 Å². The first-order valence-corrected chi connectivity index (χ1v) is 5.01. The number of rotatable bonds is 3. The molecule has 0 unspecified atom stereocenters. The second-order valence-corrected chi connectivity index (χ2v) is 3.54. The number of nitrogens with zero attached hydrogens (tertiary/aromatic N) is 2.